The third-order valence-corrected chi connectivity index (χ3v) is 5.28. The topological polar surface area (TPSA) is 75.3 Å². The number of rotatable bonds is 6. The SMILES string of the molecule is CCNC1CCC(S(=O)(=O)CC(=O)NC(C)C)C1. The van der Waals surface area contributed by atoms with Gasteiger partial charge in [0.25, 0.3) is 0 Å². The molecule has 1 rings (SSSR count). The monoisotopic (exact) mass is 276 g/mol. The van der Waals surface area contributed by atoms with Crippen molar-refractivity contribution < 1.29 is 13.2 Å². The summed E-state index contributed by atoms with van der Waals surface area (Å²) in [4.78, 5) is 11.5. The molecule has 2 N–H and O–H groups in total. The van der Waals surface area contributed by atoms with Crippen molar-refractivity contribution in [3.63, 3.8) is 0 Å². The lowest BCUT2D eigenvalue weighted by molar-refractivity contribution is -0.119. The zero-order valence-corrected chi connectivity index (χ0v) is 12.2. The van der Waals surface area contributed by atoms with E-state index in [4.69, 9.17) is 0 Å². The Kier molecular flexibility index (Phi) is 5.59. The summed E-state index contributed by atoms with van der Waals surface area (Å²) < 4.78 is 24.2. The summed E-state index contributed by atoms with van der Waals surface area (Å²) in [6.45, 7) is 6.51. The molecule has 1 amide bonds. The number of nitrogens with one attached hydrogen (secondary N) is 2. The fourth-order valence-corrected chi connectivity index (χ4v) is 4.11. The average Bonchev–Trinajstić information content (AvgIpc) is 2.65. The van der Waals surface area contributed by atoms with Crippen molar-refractivity contribution in [1.82, 2.24) is 10.6 Å². The van der Waals surface area contributed by atoms with Gasteiger partial charge >= 0.3 is 0 Å². The molecular weight excluding hydrogens is 252 g/mol. The largest absolute Gasteiger partial charge is 0.353 e. The molecule has 18 heavy (non-hydrogen) atoms. The van der Waals surface area contributed by atoms with Crippen molar-refractivity contribution in [2.75, 3.05) is 12.3 Å². The molecule has 1 aliphatic carbocycles. The zero-order chi connectivity index (χ0) is 13.8. The number of carbonyl (C=O) groups excluding carboxylic acids is 1. The number of sulfone groups is 1. The maximum Gasteiger partial charge on any atom is 0.235 e. The van der Waals surface area contributed by atoms with Gasteiger partial charge in [0, 0.05) is 12.1 Å². The van der Waals surface area contributed by atoms with Crippen LogP contribution >= 0.6 is 0 Å². The molecule has 1 saturated carbocycles. The highest BCUT2D eigenvalue weighted by Gasteiger charge is 2.35. The van der Waals surface area contributed by atoms with Crippen LogP contribution in [0.4, 0.5) is 0 Å². The molecule has 0 saturated heterocycles. The highest BCUT2D eigenvalue weighted by Crippen LogP contribution is 2.25. The van der Waals surface area contributed by atoms with Crippen LogP contribution in [0.5, 0.6) is 0 Å². The molecule has 0 heterocycles. The summed E-state index contributed by atoms with van der Waals surface area (Å²) in [6, 6.07) is 0.258. The molecule has 0 bridgehead atoms. The van der Waals surface area contributed by atoms with Crippen LogP contribution in [0.1, 0.15) is 40.0 Å². The molecule has 0 aromatic carbocycles. The van der Waals surface area contributed by atoms with Gasteiger partial charge in [-0.2, -0.15) is 0 Å². The molecule has 1 aliphatic rings. The van der Waals surface area contributed by atoms with Crippen molar-refractivity contribution in [3.8, 4) is 0 Å². The van der Waals surface area contributed by atoms with Gasteiger partial charge in [-0.15, -0.1) is 0 Å². The van der Waals surface area contributed by atoms with E-state index in [1.54, 1.807) is 0 Å². The molecule has 2 unspecified atom stereocenters. The second kappa shape index (κ2) is 6.52. The van der Waals surface area contributed by atoms with Crippen LogP contribution in [0.2, 0.25) is 0 Å². The van der Waals surface area contributed by atoms with Crippen LogP contribution in [0.25, 0.3) is 0 Å². The van der Waals surface area contributed by atoms with Crippen LogP contribution in [-0.2, 0) is 14.6 Å². The lowest BCUT2D eigenvalue weighted by atomic mass is 10.2. The predicted octanol–water partition coefficient (Wildman–Crippen LogP) is 0.456. The van der Waals surface area contributed by atoms with Crippen LogP contribution in [0.3, 0.4) is 0 Å². The van der Waals surface area contributed by atoms with E-state index in [2.05, 4.69) is 10.6 Å². The fourth-order valence-electron chi connectivity index (χ4n) is 2.40. The fraction of sp³-hybridized carbons (Fsp3) is 0.917. The van der Waals surface area contributed by atoms with Crippen molar-refractivity contribution in [1.29, 1.82) is 0 Å². The zero-order valence-electron chi connectivity index (χ0n) is 11.4. The van der Waals surface area contributed by atoms with Crippen molar-refractivity contribution in [3.05, 3.63) is 0 Å². The Bertz CT molecular complexity index is 379. The van der Waals surface area contributed by atoms with Gasteiger partial charge in [0.1, 0.15) is 5.75 Å². The molecule has 0 spiro atoms. The number of carbonyl (C=O) groups is 1. The van der Waals surface area contributed by atoms with E-state index < -0.39 is 15.7 Å². The predicted molar refractivity (Wildman–Crippen MR) is 72.2 cm³/mol. The molecule has 0 aromatic heterocycles. The van der Waals surface area contributed by atoms with Gasteiger partial charge in [0.2, 0.25) is 5.91 Å². The van der Waals surface area contributed by atoms with Gasteiger partial charge in [-0.05, 0) is 39.7 Å². The van der Waals surface area contributed by atoms with E-state index in [1.165, 1.54) is 0 Å². The smallest absolute Gasteiger partial charge is 0.235 e. The summed E-state index contributed by atoms with van der Waals surface area (Å²) in [7, 11) is -3.31. The summed E-state index contributed by atoms with van der Waals surface area (Å²) in [5.74, 6) is -0.772. The third kappa shape index (κ3) is 4.57. The Hall–Kier alpha value is -0.620. The van der Waals surface area contributed by atoms with Gasteiger partial charge in [-0.1, -0.05) is 6.92 Å². The van der Waals surface area contributed by atoms with Crippen molar-refractivity contribution >= 4 is 15.7 Å². The van der Waals surface area contributed by atoms with E-state index in [1.807, 2.05) is 20.8 Å². The third-order valence-electron chi connectivity index (χ3n) is 3.17. The minimum Gasteiger partial charge on any atom is -0.353 e. The standard InChI is InChI=1S/C12H24N2O3S/c1-4-13-10-5-6-11(7-10)18(16,17)8-12(15)14-9(2)3/h9-11,13H,4-8H2,1-3H3,(H,14,15). The maximum atomic E-state index is 12.1. The first-order valence-corrected chi connectivity index (χ1v) is 8.31. The first-order valence-electron chi connectivity index (χ1n) is 6.59. The molecule has 0 aliphatic heterocycles. The highest BCUT2D eigenvalue weighted by molar-refractivity contribution is 7.92. The Morgan fingerprint density at radius 3 is 2.56 bits per heavy atom. The molecule has 2 atom stereocenters. The van der Waals surface area contributed by atoms with E-state index in [0.717, 1.165) is 13.0 Å². The average molecular weight is 276 g/mol. The van der Waals surface area contributed by atoms with Gasteiger partial charge in [-0.25, -0.2) is 8.42 Å². The van der Waals surface area contributed by atoms with Crippen molar-refractivity contribution in [2.45, 2.75) is 57.4 Å². The van der Waals surface area contributed by atoms with E-state index in [0.29, 0.717) is 12.8 Å². The van der Waals surface area contributed by atoms with E-state index in [-0.39, 0.29) is 23.1 Å². The van der Waals surface area contributed by atoms with Crippen molar-refractivity contribution in [2.24, 2.45) is 0 Å². The molecule has 0 aromatic rings. The number of hydrogen-bond donors (Lipinski definition) is 2. The Morgan fingerprint density at radius 1 is 1.33 bits per heavy atom. The minimum atomic E-state index is -3.31. The first-order chi connectivity index (χ1) is 8.35. The summed E-state index contributed by atoms with van der Waals surface area (Å²) >= 11 is 0. The lowest BCUT2D eigenvalue weighted by Gasteiger charge is -2.14. The molecular formula is C12H24N2O3S. The van der Waals surface area contributed by atoms with Crippen LogP contribution in [-0.4, -0.2) is 44.0 Å². The second-order valence-corrected chi connectivity index (χ2v) is 7.50. The van der Waals surface area contributed by atoms with Gasteiger partial charge in [0.15, 0.2) is 9.84 Å². The van der Waals surface area contributed by atoms with Gasteiger partial charge < -0.3 is 10.6 Å². The van der Waals surface area contributed by atoms with E-state index >= 15 is 0 Å². The quantitative estimate of drug-likeness (QED) is 0.739. The molecule has 6 heteroatoms. The highest BCUT2D eigenvalue weighted by atomic mass is 32.2. The normalized spacial score (nSPS) is 24.4. The Labute approximate surface area is 110 Å². The minimum absolute atomic E-state index is 0.0224. The van der Waals surface area contributed by atoms with Gasteiger partial charge in [0.05, 0.1) is 5.25 Å². The number of hydrogen-bond acceptors (Lipinski definition) is 4. The Morgan fingerprint density at radius 2 is 2.00 bits per heavy atom. The summed E-state index contributed by atoms with van der Waals surface area (Å²) in [6.07, 6.45) is 2.17. The van der Waals surface area contributed by atoms with E-state index in [9.17, 15) is 13.2 Å². The Balaban J connectivity index is 2.52. The van der Waals surface area contributed by atoms with Crippen LogP contribution in [0, 0.1) is 0 Å². The molecule has 106 valence electrons. The second-order valence-electron chi connectivity index (χ2n) is 5.22. The molecule has 0 radical (unpaired) electrons. The van der Waals surface area contributed by atoms with Crippen LogP contribution < -0.4 is 10.6 Å². The summed E-state index contributed by atoms with van der Waals surface area (Å²) in [5.41, 5.74) is 0. The molecule has 5 nitrogen and oxygen atoms in total. The van der Waals surface area contributed by atoms with Crippen LogP contribution in [0.15, 0.2) is 0 Å². The first kappa shape index (κ1) is 15.4. The molecule has 1 fully saturated rings. The maximum absolute atomic E-state index is 12.1. The number of amides is 1. The summed E-state index contributed by atoms with van der Waals surface area (Å²) in [5, 5.41) is 5.53. The van der Waals surface area contributed by atoms with Gasteiger partial charge in [-0.3, -0.25) is 4.79 Å². The lowest BCUT2D eigenvalue weighted by Crippen LogP contribution is -2.38.